The molecule has 0 atom stereocenters. The summed E-state index contributed by atoms with van der Waals surface area (Å²) in [7, 11) is 0. The highest BCUT2D eigenvalue weighted by Crippen LogP contribution is 2.31. The number of aromatic nitrogens is 2. The highest BCUT2D eigenvalue weighted by atomic mass is 79.9. The SMILES string of the molecule is O=C(C=Cc1ccc(OCc2ccccn2)cc1)N1CCc2[nH]c3c(Br)cccc3c2C1. The maximum Gasteiger partial charge on any atom is 0.246 e. The number of halogens is 1. The number of pyridine rings is 1. The van der Waals surface area contributed by atoms with E-state index in [1.165, 1.54) is 16.6 Å². The van der Waals surface area contributed by atoms with Crippen LogP contribution in [-0.2, 0) is 24.4 Å². The Morgan fingerprint density at radius 1 is 1.12 bits per heavy atom. The second-order valence-electron chi connectivity index (χ2n) is 7.77. The number of nitrogens with zero attached hydrogens (tertiary/aromatic N) is 2. The van der Waals surface area contributed by atoms with Crippen LogP contribution in [0.25, 0.3) is 17.0 Å². The Labute approximate surface area is 194 Å². The highest BCUT2D eigenvalue weighted by molar-refractivity contribution is 9.10. The minimum absolute atomic E-state index is 0.0236. The fourth-order valence-corrected chi connectivity index (χ4v) is 4.44. The maximum absolute atomic E-state index is 12.8. The van der Waals surface area contributed by atoms with Crippen molar-refractivity contribution in [2.45, 2.75) is 19.6 Å². The lowest BCUT2D eigenvalue weighted by Crippen LogP contribution is -2.34. The van der Waals surface area contributed by atoms with E-state index in [9.17, 15) is 4.79 Å². The summed E-state index contributed by atoms with van der Waals surface area (Å²) in [6.07, 6.45) is 6.09. The van der Waals surface area contributed by atoms with Gasteiger partial charge in [0.25, 0.3) is 0 Å². The van der Waals surface area contributed by atoms with Crippen LogP contribution in [0.1, 0.15) is 22.5 Å². The summed E-state index contributed by atoms with van der Waals surface area (Å²) in [4.78, 5) is 22.5. The van der Waals surface area contributed by atoms with Gasteiger partial charge in [0.1, 0.15) is 12.4 Å². The van der Waals surface area contributed by atoms with Crippen molar-refractivity contribution in [1.29, 1.82) is 0 Å². The van der Waals surface area contributed by atoms with Gasteiger partial charge in [0.05, 0.1) is 11.2 Å². The predicted molar refractivity (Wildman–Crippen MR) is 129 cm³/mol. The number of hydrogen-bond acceptors (Lipinski definition) is 3. The average Bonchev–Trinajstić information content (AvgIpc) is 3.22. The normalized spacial score (nSPS) is 13.5. The molecule has 1 N–H and O–H groups in total. The molecule has 0 saturated heterocycles. The Bertz CT molecular complexity index is 1280. The van der Waals surface area contributed by atoms with Gasteiger partial charge in [-0.2, -0.15) is 0 Å². The number of para-hydroxylation sites is 1. The summed E-state index contributed by atoms with van der Waals surface area (Å²) in [5.41, 5.74) is 5.38. The quantitative estimate of drug-likeness (QED) is 0.378. The van der Waals surface area contributed by atoms with Gasteiger partial charge >= 0.3 is 0 Å². The molecule has 2 aromatic carbocycles. The van der Waals surface area contributed by atoms with Crippen molar-refractivity contribution >= 4 is 38.8 Å². The number of hydrogen-bond donors (Lipinski definition) is 1. The van der Waals surface area contributed by atoms with E-state index < -0.39 is 0 Å². The van der Waals surface area contributed by atoms with Crippen LogP contribution in [-0.4, -0.2) is 27.3 Å². The van der Waals surface area contributed by atoms with Crippen molar-refractivity contribution in [3.05, 3.63) is 99.9 Å². The van der Waals surface area contributed by atoms with Gasteiger partial charge in [-0.25, -0.2) is 0 Å². The minimum atomic E-state index is 0.0236. The summed E-state index contributed by atoms with van der Waals surface area (Å²) in [6.45, 7) is 1.76. The molecule has 32 heavy (non-hydrogen) atoms. The number of carbonyl (C=O) groups is 1. The third kappa shape index (κ3) is 4.32. The Morgan fingerprint density at radius 3 is 2.81 bits per heavy atom. The summed E-state index contributed by atoms with van der Waals surface area (Å²) < 4.78 is 6.82. The van der Waals surface area contributed by atoms with E-state index in [0.717, 1.165) is 33.4 Å². The standard InChI is InChI=1S/C26H22BrN3O2/c27-23-6-3-5-21-22-16-30(15-13-24(22)29-26(21)23)25(31)12-9-18-7-10-20(11-8-18)32-17-19-4-1-2-14-28-19/h1-12,14,29H,13,15-17H2. The molecule has 2 aromatic heterocycles. The van der Waals surface area contributed by atoms with Gasteiger partial charge in [-0.3, -0.25) is 9.78 Å². The van der Waals surface area contributed by atoms with Crippen LogP contribution in [0.4, 0.5) is 0 Å². The van der Waals surface area contributed by atoms with Crippen LogP contribution in [0.5, 0.6) is 5.75 Å². The second-order valence-corrected chi connectivity index (χ2v) is 8.62. The van der Waals surface area contributed by atoms with E-state index in [1.807, 2.05) is 65.6 Å². The number of fused-ring (bicyclic) bond motifs is 3. The Hall–Kier alpha value is -3.38. The van der Waals surface area contributed by atoms with Crippen molar-refractivity contribution < 1.29 is 9.53 Å². The molecule has 1 aliphatic rings. The fraction of sp³-hybridized carbons (Fsp3) is 0.154. The molecule has 0 unspecified atom stereocenters. The molecule has 0 saturated carbocycles. The molecule has 5 nitrogen and oxygen atoms in total. The topological polar surface area (TPSA) is 58.2 Å². The number of carbonyl (C=O) groups excluding carboxylic acids is 1. The minimum Gasteiger partial charge on any atom is -0.487 e. The van der Waals surface area contributed by atoms with Crippen molar-refractivity contribution in [3.8, 4) is 5.75 Å². The van der Waals surface area contributed by atoms with E-state index >= 15 is 0 Å². The average molecular weight is 488 g/mol. The van der Waals surface area contributed by atoms with Gasteiger partial charge in [0, 0.05) is 52.9 Å². The number of H-pyrrole nitrogens is 1. The highest BCUT2D eigenvalue weighted by Gasteiger charge is 2.23. The number of amides is 1. The van der Waals surface area contributed by atoms with Crippen LogP contribution in [0, 0.1) is 0 Å². The lowest BCUT2D eigenvalue weighted by molar-refractivity contribution is -0.126. The van der Waals surface area contributed by atoms with E-state index in [-0.39, 0.29) is 5.91 Å². The molecule has 0 spiro atoms. The summed E-state index contributed by atoms with van der Waals surface area (Å²) in [5.74, 6) is 0.795. The van der Waals surface area contributed by atoms with Crippen molar-refractivity contribution in [1.82, 2.24) is 14.9 Å². The molecular formula is C26H22BrN3O2. The largest absolute Gasteiger partial charge is 0.487 e. The second kappa shape index (κ2) is 9.01. The predicted octanol–water partition coefficient (Wildman–Crippen LogP) is 5.50. The Balaban J connectivity index is 1.22. The van der Waals surface area contributed by atoms with E-state index in [4.69, 9.17) is 4.74 Å². The smallest absolute Gasteiger partial charge is 0.246 e. The molecule has 6 heteroatoms. The molecule has 0 bridgehead atoms. The third-order valence-electron chi connectivity index (χ3n) is 5.68. The molecule has 0 fully saturated rings. The Kier molecular flexibility index (Phi) is 5.77. The monoisotopic (exact) mass is 487 g/mol. The van der Waals surface area contributed by atoms with Gasteiger partial charge < -0.3 is 14.6 Å². The van der Waals surface area contributed by atoms with Crippen LogP contribution in [0.15, 0.2) is 77.4 Å². The number of aromatic amines is 1. The lowest BCUT2D eigenvalue weighted by Gasteiger charge is -2.26. The molecule has 0 radical (unpaired) electrons. The van der Waals surface area contributed by atoms with Gasteiger partial charge in [0.2, 0.25) is 5.91 Å². The van der Waals surface area contributed by atoms with Gasteiger partial charge in [-0.1, -0.05) is 30.3 Å². The molecule has 1 aliphatic heterocycles. The van der Waals surface area contributed by atoms with Crippen LogP contribution in [0.3, 0.4) is 0 Å². The number of ether oxygens (including phenoxy) is 1. The summed E-state index contributed by atoms with van der Waals surface area (Å²) >= 11 is 3.61. The van der Waals surface area contributed by atoms with Crippen LogP contribution < -0.4 is 4.74 Å². The molecule has 3 heterocycles. The number of rotatable bonds is 5. The first-order valence-corrected chi connectivity index (χ1v) is 11.3. The summed E-state index contributed by atoms with van der Waals surface area (Å²) in [5, 5.41) is 1.18. The van der Waals surface area contributed by atoms with Crippen molar-refractivity contribution in [2.24, 2.45) is 0 Å². The number of benzene rings is 2. The number of nitrogens with one attached hydrogen (secondary N) is 1. The first kappa shape index (κ1) is 20.5. The van der Waals surface area contributed by atoms with Gasteiger partial charge in [-0.15, -0.1) is 0 Å². The van der Waals surface area contributed by atoms with Crippen LogP contribution >= 0.6 is 15.9 Å². The van der Waals surface area contributed by atoms with E-state index in [0.29, 0.717) is 19.7 Å². The van der Waals surface area contributed by atoms with Gasteiger partial charge in [-0.05, 0) is 57.9 Å². The molecular weight excluding hydrogens is 466 g/mol. The van der Waals surface area contributed by atoms with E-state index in [2.05, 4.69) is 32.0 Å². The first-order chi connectivity index (χ1) is 15.7. The first-order valence-electron chi connectivity index (χ1n) is 10.5. The lowest BCUT2D eigenvalue weighted by atomic mass is 10.0. The third-order valence-corrected chi connectivity index (χ3v) is 6.34. The zero-order valence-electron chi connectivity index (χ0n) is 17.4. The molecule has 5 rings (SSSR count). The van der Waals surface area contributed by atoms with E-state index in [1.54, 1.807) is 12.3 Å². The zero-order valence-corrected chi connectivity index (χ0v) is 19.0. The molecule has 160 valence electrons. The molecule has 0 aliphatic carbocycles. The molecule has 1 amide bonds. The zero-order chi connectivity index (χ0) is 21.9. The summed E-state index contributed by atoms with van der Waals surface area (Å²) in [6, 6.07) is 19.6. The van der Waals surface area contributed by atoms with Gasteiger partial charge in [0.15, 0.2) is 0 Å². The van der Waals surface area contributed by atoms with Crippen molar-refractivity contribution in [2.75, 3.05) is 6.54 Å². The maximum atomic E-state index is 12.8. The molecule has 4 aromatic rings. The van der Waals surface area contributed by atoms with Crippen LogP contribution in [0.2, 0.25) is 0 Å². The Morgan fingerprint density at radius 2 is 2.00 bits per heavy atom. The van der Waals surface area contributed by atoms with Crippen molar-refractivity contribution in [3.63, 3.8) is 0 Å². The fourth-order valence-electron chi connectivity index (χ4n) is 3.98.